The van der Waals surface area contributed by atoms with Crippen LogP contribution < -0.4 is 5.32 Å². The molecule has 1 amide bonds. The number of nitroso groups, excluding NO2 is 1. The number of halogens is 1. The number of amides is 1. The Morgan fingerprint density at radius 2 is 1.71 bits per heavy atom. The minimum Gasteiger partial charge on any atom is -0.352 e. The highest BCUT2D eigenvalue weighted by molar-refractivity contribution is 6.31. The second-order valence-electron chi connectivity index (χ2n) is 12.3. The second-order valence-corrected chi connectivity index (χ2v) is 12.7. The van der Waals surface area contributed by atoms with E-state index in [0.717, 1.165) is 61.9 Å². The van der Waals surface area contributed by atoms with Crippen molar-refractivity contribution in [2.24, 2.45) is 11.8 Å². The van der Waals surface area contributed by atoms with Crippen molar-refractivity contribution in [3.63, 3.8) is 0 Å². The van der Waals surface area contributed by atoms with E-state index in [1.165, 1.54) is 42.5 Å². The standard InChI is InChI=1S/C35H44ClN3O2/c1-2-28(29-11-7-4-8-12-29)25-38-20-19-27(21-34(39(38)41)18-13-26-9-5-3-6-10-26)24-37-35(40)32-15-14-31-23-33(36)17-16-30(31)22-32/h4,7-8,11-12,14-17,22-23,26-28,34H,2-3,5-6,9-10,13,18-21,24-25H2,1H3/p+1/t27-,28+,34-/m0/s1. The van der Waals surface area contributed by atoms with Gasteiger partial charge in [0, 0.05) is 35.9 Å². The lowest BCUT2D eigenvalue weighted by atomic mass is 9.84. The SMILES string of the molecule is CC[C@H](CN1CC[C@H](CNC(=O)c2ccc3cc(Cl)ccc3c2)C[C@H](CCC2CCCCC2)[N+]1=O)c1ccccc1. The van der Waals surface area contributed by atoms with E-state index in [1.54, 1.807) is 0 Å². The van der Waals surface area contributed by atoms with Gasteiger partial charge in [-0.15, -0.1) is 5.01 Å². The number of hydrazine groups is 1. The van der Waals surface area contributed by atoms with Gasteiger partial charge in [-0.25, -0.2) is 0 Å². The van der Waals surface area contributed by atoms with E-state index in [4.69, 9.17) is 11.6 Å². The number of nitrogens with zero attached hydrogens (tertiary/aromatic N) is 2. The molecular weight excluding hydrogens is 530 g/mol. The lowest BCUT2D eigenvalue weighted by molar-refractivity contribution is -0.734. The minimum absolute atomic E-state index is 0.0416. The van der Waals surface area contributed by atoms with Crippen molar-refractivity contribution in [1.29, 1.82) is 0 Å². The molecule has 0 spiro atoms. The number of fused-ring (bicyclic) bond motifs is 1. The normalized spacial score (nSPS) is 21.0. The molecule has 3 aromatic carbocycles. The van der Waals surface area contributed by atoms with Crippen molar-refractivity contribution in [1.82, 2.24) is 10.3 Å². The molecule has 1 saturated carbocycles. The summed E-state index contributed by atoms with van der Waals surface area (Å²) >= 11 is 6.13. The summed E-state index contributed by atoms with van der Waals surface area (Å²) in [7, 11) is 0. The van der Waals surface area contributed by atoms with E-state index in [-0.39, 0.29) is 17.9 Å². The third-order valence-corrected chi connectivity index (χ3v) is 9.67. The Bertz CT molecular complexity index is 1310. The first kappa shape index (κ1) is 29.6. The van der Waals surface area contributed by atoms with Crippen LogP contribution in [0.25, 0.3) is 10.8 Å². The van der Waals surface area contributed by atoms with Crippen LogP contribution in [-0.4, -0.2) is 41.5 Å². The Hall–Kier alpha value is -2.92. The molecule has 3 atom stereocenters. The Kier molecular flexibility index (Phi) is 10.3. The van der Waals surface area contributed by atoms with Crippen LogP contribution in [0.5, 0.6) is 0 Å². The maximum absolute atomic E-state index is 13.9. The molecule has 3 aromatic rings. The Morgan fingerprint density at radius 1 is 0.951 bits per heavy atom. The van der Waals surface area contributed by atoms with E-state index in [9.17, 15) is 9.70 Å². The van der Waals surface area contributed by atoms with Gasteiger partial charge in [0.1, 0.15) is 4.87 Å². The maximum Gasteiger partial charge on any atom is 0.251 e. The van der Waals surface area contributed by atoms with Crippen LogP contribution in [0.1, 0.15) is 93.0 Å². The lowest BCUT2D eigenvalue weighted by Gasteiger charge is -2.24. The van der Waals surface area contributed by atoms with Crippen molar-refractivity contribution in [2.45, 2.75) is 83.1 Å². The molecule has 2 aliphatic rings. The highest BCUT2D eigenvalue weighted by Crippen LogP contribution is 2.31. The summed E-state index contributed by atoms with van der Waals surface area (Å²) in [6.45, 7) is 4.27. The summed E-state index contributed by atoms with van der Waals surface area (Å²) in [5.41, 5.74) is 1.95. The fourth-order valence-electron chi connectivity index (χ4n) is 6.89. The molecule has 5 nitrogen and oxygen atoms in total. The van der Waals surface area contributed by atoms with Gasteiger partial charge in [-0.3, -0.25) is 4.79 Å². The van der Waals surface area contributed by atoms with Crippen LogP contribution in [0.3, 0.4) is 0 Å². The zero-order chi connectivity index (χ0) is 28.6. The number of benzene rings is 3. The Morgan fingerprint density at radius 3 is 2.49 bits per heavy atom. The monoisotopic (exact) mass is 574 g/mol. The summed E-state index contributed by atoms with van der Waals surface area (Å²) in [6, 6.07) is 22.0. The van der Waals surface area contributed by atoms with Gasteiger partial charge in [-0.1, -0.05) is 93.1 Å². The number of carbonyl (C=O) groups excluding carboxylic acids is 1. The van der Waals surface area contributed by atoms with Crippen LogP contribution in [0.2, 0.25) is 5.02 Å². The Labute approximate surface area is 250 Å². The fourth-order valence-corrected chi connectivity index (χ4v) is 7.07. The quantitative estimate of drug-likeness (QED) is 0.247. The first-order valence-corrected chi connectivity index (χ1v) is 16.1. The molecule has 1 aliphatic heterocycles. The van der Waals surface area contributed by atoms with E-state index in [1.807, 2.05) is 36.4 Å². The third kappa shape index (κ3) is 7.88. The van der Waals surface area contributed by atoms with Gasteiger partial charge in [-0.05, 0) is 71.7 Å². The minimum atomic E-state index is -0.0594. The fraction of sp³-hybridized carbons (Fsp3) is 0.514. The zero-order valence-corrected chi connectivity index (χ0v) is 25.2. The van der Waals surface area contributed by atoms with Crippen molar-refractivity contribution >= 4 is 28.3 Å². The molecule has 0 unspecified atom stereocenters. The lowest BCUT2D eigenvalue weighted by Crippen LogP contribution is -2.41. The highest BCUT2D eigenvalue weighted by atomic mass is 35.5. The molecule has 0 radical (unpaired) electrons. The third-order valence-electron chi connectivity index (χ3n) is 9.44. The number of rotatable bonds is 10. The molecule has 0 aromatic heterocycles. The van der Waals surface area contributed by atoms with Crippen LogP contribution in [0.15, 0.2) is 66.7 Å². The predicted octanol–water partition coefficient (Wildman–Crippen LogP) is 8.55. The van der Waals surface area contributed by atoms with E-state index < -0.39 is 0 Å². The molecular formula is C35H45ClN3O2+. The first-order chi connectivity index (χ1) is 20.0. The predicted molar refractivity (Wildman–Crippen MR) is 168 cm³/mol. The number of carbonyl (C=O) groups is 1. The van der Waals surface area contributed by atoms with Crippen LogP contribution in [-0.2, 0) is 0 Å². The van der Waals surface area contributed by atoms with Gasteiger partial charge < -0.3 is 5.32 Å². The molecule has 0 bridgehead atoms. The summed E-state index contributed by atoms with van der Waals surface area (Å²) in [5, 5.41) is 7.99. The zero-order valence-electron chi connectivity index (χ0n) is 24.4. The topological polar surface area (TPSA) is 52.4 Å². The van der Waals surface area contributed by atoms with Crippen LogP contribution in [0, 0.1) is 16.7 Å². The molecule has 6 heteroatoms. The first-order valence-electron chi connectivity index (χ1n) is 15.7. The van der Waals surface area contributed by atoms with Gasteiger partial charge in [0.25, 0.3) is 5.91 Å². The summed E-state index contributed by atoms with van der Waals surface area (Å²) in [6.07, 6.45) is 11.4. The summed E-state index contributed by atoms with van der Waals surface area (Å²) in [5.74, 6) is 1.29. The van der Waals surface area contributed by atoms with Crippen molar-refractivity contribution in [3.8, 4) is 0 Å². The smallest absolute Gasteiger partial charge is 0.251 e. The Balaban J connectivity index is 1.26. The molecule has 5 rings (SSSR count). The molecule has 1 saturated heterocycles. The van der Waals surface area contributed by atoms with E-state index in [0.29, 0.717) is 23.0 Å². The largest absolute Gasteiger partial charge is 0.352 e. The summed E-state index contributed by atoms with van der Waals surface area (Å²) < 4.78 is 0. The molecule has 41 heavy (non-hydrogen) atoms. The van der Waals surface area contributed by atoms with Gasteiger partial charge >= 0.3 is 0 Å². The van der Waals surface area contributed by atoms with Crippen molar-refractivity contribution < 1.29 is 9.66 Å². The van der Waals surface area contributed by atoms with Crippen molar-refractivity contribution in [3.05, 3.63) is 87.8 Å². The molecule has 1 N–H and O–H groups in total. The maximum atomic E-state index is 13.9. The number of hydrogen-bond donors (Lipinski definition) is 1. The van der Waals surface area contributed by atoms with Crippen LogP contribution in [0.4, 0.5) is 0 Å². The number of nitrogens with one attached hydrogen (secondary N) is 1. The average Bonchev–Trinajstić information content (AvgIpc) is 3.16. The average molecular weight is 575 g/mol. The van der Waals surface area contributed by atoms with Gasteiger partial charge in [0.05, 0.1) is 18.0 Å². The van der Waals surface area contributed by atoms with Crippen LogP contribution >= 0.6 is 11.6 Å². The highest BCUT2D eigenvalue weighted by Gasteiger charge is 2.39. The van der Waals surface area contributed by atoms with Crippen molar-refractivity contribution in [2.75, 3.05) is 19.6 Å². The molecule has 1 heterocycles. The summed E-state index contributed by atoms with van der Waals surface area (Å²) in [4.78, 5) is 28.4. The van der Waals surface area contributed by atoms with Gasteiger partial charge in [0.15, 0.2) is 0 Å². The van der Waals surface area contributed by atoms with Gasteiger partial charge in [-0.2, -0.15) is 0 Å². The molecule has 2 fully saturated rings. The van der Waals surface area contributed by atoms with E-state index in [2.05, 4.69) is 47.6 Å². The number of hydrogen-bond acceptors (Lipinski definition) is 2. The van der Waals surface area contributed by atoms with Gasteiger partial charge in [0.2, 0.25) is 6.04 Å². The second kappa shape index (κ2) is 14.3. The molecule has 1 aliphatic carbocycles. The van der Waals surface area contributed by atoms with E-state index >= 15 is 0 Å². The molecule has 218 valence electrons.